The molecule has 1 unspecified atom stereocenters. The van der Waals surface area contributed by atoms with Crippen molar-refractivity contribution >= 4 is 5.96 Å². The molecular formula is C8H13N5. The smallest absolute Gasteiger partial charge is 0.203 e. The van der Waals surface area contributed by atoms with Crippen LogP contribution in [0.1, 0.15) is 18.5 Å². The van der Waals surface area contributed by atoms with Crippen LogP contribution in [-0.4, -0.2) is 10.9 Å². The van der Waals surface area contributed by atoms with Crippen molar-refractivity contribution < 1.29 is 0 Å². The summed E-state index contributed by atoms with van der Waals surface area (Å²) in [5.74, 6) is 5.30. The van der Waals surface area contributed by atoms with Crippen LogP contribution in [0.5, 0.6) is 0 Å². The fraction of sp³-hybridized carbons (Fsp3) is 0.250. The van der Waals surface area contributed by atoms with Crippen LogP contribution in [0.25, 0.3) is 0 Å². The molecular weight excluding hydrogens is 166 g/mol. The largest absolute Gasteiger partial charge is 0.369 e. The van der Waals surface area contributed by atoms with E-state index in [1.54, 1.807) is 12.4 Å². The molecule has 0 spiro atoms. The number of guanidine groups is 1. The first-order chi connectivity index (χ1) is 6.24. The number of hydrogen-bond acceptors (Lipinski definition) is 3. The Bertz CT molecular complexity index is 282. The quantitative estimate of drug-likeness (QED) is 0.256. The average Bonchev–Trinajstić information content (AvgIpc) is 2.19. The van der Waals surface area contributed by atoms with Crippen molar-refractivity contribution in [3.8, 4) is 0 Å². The zero-order valence-corrected chi connectivity index (χ0v) is 7.44. The summed E-state index contributed by atoms with van der Waals surface area (Å²) in [5, 5.41) is 0. The van der Waals surface area contributed by atoms with Gasteiger partial charge < -0.3 is 5.73 Å². The number of aromatic nitrogens is 1. The van der Waals surface area contributed by atoms with Crippen molar-refractivity contribution in [1.82, 2.24) is 10.4 Å². The summed E-state index contributed by atoms with van der Waals surface area (Å²) in [4.78, 5) is 8.06. The molecule has 0 amide bonds. The number of rotatable bonds is 2. The second-order valence-electron chi connectivity index (χ2n) is 2.62. The molecule has 1 atom stereocenters. The Morgan fingerprint density at radius 1 is 1.69 bits per heavy atom. The van der Waals surface area contributed by atoms with Crippen LogP contribution in [0.4, 0.5) is 0 Å². The maximum Gasteiger partial charge on any atom is 0.203 e. The lowest BCUT2D eigenvalue weighted by molar-refractivity contribution is 0.795. The highest BCUT2D eigenvalue weighted by atomic mass is 15.3. The molecule has 0 saturated heterocycles. The van der Waals surface area contributed by atoms with Gasteiger partial charge in [-0.15, -0.1) is 0 Å². The van der Waals surface area contributed by atoms with Gasteiger partial charge in [0.2, 0.25) is 5.96 Å². The Hall–Kier alpha value is -1.62. The van der Waals surface area contributed by atoms with Gasteiger partial charge in [0.1, 0.15) is 0 Å². The number of nitrogens with one attached hydrogen (secondary N) is 1. The molecule has 5 N–H and O–H groups in total. The normalized spacial score (nSPS) is 13.8. The van der Waals surface area contributed by atoms with E-state index in [9.17, 15) is 0 Å². The van der Waals surface area contributed by atoms with Crippen molar-refractivity contribution in [2.24, 2.45) is 16.6 Å². The van der Waals surface area contributed by atoms with Gasteiger partial charge in [-0.2, -0.15) is 0 Å². The summed E-state index contributed by atoms with van der Waals surface area (Å²) >= 11 is 0. The minimum Gasteiger partial charge on any atom is -0.369 e. The Labute approximate surface area is 76.8 Å². The molecule has 5 heteroatoms. The second-order valence-corrected chi connectivity index (χ2v) is 2.62. The molecule has 0 radical (unpaired) electrons. The van der Waals surface area contributed by atoms with E-state index in [4.69, 9.17) is 11.6 Å². The van der Waals surface area contributed by atoms with Gasteiger partial charge in [0.15, 0.2) is 0 Å². The van der Waals surface area contributed by atoms with Crippen molar-refractivity contribution in [2.75, 3.05) is 0 Å². The van der Waals surface area contributed by atoms with E-state index >= 15 is 0 Å². The Kier molecular flexibility index (Phi) is 3.22. The van der Waals surface area contributed by atoms with Crippen LogP contribution in [0.2, 0.25) is 0 Å². The van der Waals surface area contributed by atoms with Crippen LogP contribution in [0.3, 0.4) is 0 Å². The molecule has 0 aromatic carbocycles. The lowest BCUT2D eigenvalue weighted by atomic mass is 10.1. The minimum absolute atomic E-state index is 0.0373. The van der Waals surface area contributed by atoms with Crippen molar-refractivity contribution in [3.63, 3.8) is 0 Å². The monoisotopic (exact) mass is 179 g/mol. The molecule has 1 rings (SSSR count). The topological polar surface area (TPSA) is 89.3 Å². The van der Waals surface area contributed by atoms with E-state index in [1.807, 2.05) is 19.1 Å². The molecule has 13 heavy (non-hydrogen) atoms. The third-order valence-electron chi connectivity index (χ3n) is 1.65. The summed E-state index contributed by atoms with van der Waals surface area (Å²) in [6.07, 6.45) is 3.46. The summed E-state index contributed by atoms with van der Waals surface area (Å²) in [6, 6.07) is 3.75. The van der Waals surface area contributed by atoms with E-state index in [-0.39, 0.29) is 12.0 Å². The van der Waals surface area contributed by atoms with Crippen molar-refractivity contribution in [2.45, 2.75) is 13.0 Å². The zero-order chi connectivity index (χ0) is 9.68. The maximum absolute atomic E-state index is 5.40. The highest BCUT2D eigenvalue weighted by Crippen LogP contribution is 2.13. The first-order valence-corrected chi connectivity index (χ1v) is 3.94. The van der Waals surface area contributed by atoms with Gasteiger partial charge in [-0.05, 0) is 18.6 Å². The van der Waals surface area contributed by atoms with Gasteiger partial charge in [-0.25, -0.2) is 10.8 Å². The van der Waals surface area contributed by atoms with Crippen LogP contribution in [0, 0.1) is 0 Å². The molecule has 0 bridgehead atoms. The van der Waals surface area contributed by atoms with Gasteiger partial charge in [0.05, 0.1) is 6.04 Å². The third kappa shape index (κ3) is 2.72. The second kappa shape index (κ2) is 4.42. The number of hydrogen-bond donors (Lipinski definition) is 3. The molecule has 5 nitrogen and oxygen atoms in total. The van der Waals surface area contributed by atoms with Gasteiger partial charge in [-0.3, -0.25) is 10.4 Å². The Morgan fingerprint density at radius 2 is 2.46 bits per heavy atom. The minimum atomic E-state index is -0.0373. The average molecular weight is 179 g/mol. The lowest BCUT2D eigenvalue weighted by Crippen LogP contribution is -2.37. The summed E-state index contributed by atoms with van der Waals surface area (Å²) in [5.41, 5.74) is 8.68. The van der Waals surface area contributed by atoms with Crippen LogP contribution in [0.15, 0.2) is 29.5 Å². The molecule has 1 aromatic heterocycles. The third-order valence-corrected chi connectivity index (χ3v) is 1.65. The fourth-order valence-corrected chi connectivity index (χ4v) is 0.944. The van der Waals surface area contributed by atoms with Crippen LogP contribution < -0.4 is 17.0 Å². The first kappa shape index (κ1) is 9.47. The van der Waals surface area contributed by atoms with Gasteiger partial charge >= 0.3 is 0 Å². The van der Waals surface area contributed by atoms with E-state index < -0.39 is 0 Å². The first-order valence-electron chi connectivity index (χ1n) is 3.94. The molecule has 0 fully saturated rings. The van der Waals surface area contributed by atoms with Gasteiger partial charge in [0, 0.05) is 12.4 Å². The Morgan fingerprint density at radius 3 is 3.00 bits per heavy atom. The van der Waals surface area contributed by atoms with Crippen molar-refractivity contribution in [3.05, 3.63) is 30.1 Å². The molecule has 1 heterocycles. The SMILES string of the molecule is CC(N=C(N)NN)c1cccnc1. The number of nitrogens with zero attached hydrogens (tertiary/aromatic N) is 2. The Balaban J connectivity index is 2.75. The molecule has 70 valence electrons. The summed E-state index contributed by atoms with van der Waals surface area (Å²) < 4.78 is 0. The molecule has 0 aliphatic heterocycles. The lowest BCUT2D eigenvalue weighted by Gasteiger charge is -2.06. The van der Waals surface area contributed by atoms with Gasteiger partial charge in [-0.1, -0.05) is 6.07 Å². The summed E-state index contributed by atoms with van der Waals surface area (Å²) in [7, 11) is 0. The summed E-state index contributed by atoms with van der Waals surface area (Å²) in [6.45, 7) is 1.92. The highest BCUT2D eigenvalue weighted by Gasteiger charge is 2.02. The number of hydrazine groups is 1. The molecule has 1 aromatic rings. The number of aliphatic imine (C=N–C) groups is 1. The standard InChI is InChI=1S/C8H13N5/c1-6(12-8(9)13-10)7-3-2-4-11-5-7/h2-6H,10H2,1H3,(H3,9,12,13). The molecule has 0 aliphatic rings. The van der Waals surface area contributed by atoms with E-state index in [0.717, 1.165) is 5.56 Å². The van der Waals surface area contributed by atoms with Crippen molar-refractivity contribution in [1.29, 1.82) is 0 Å². The van der Waals surface area contributed by atoms with Crippen LogP contribution in [-0.2, 0) is 0 Å². The maximum atomic E-state index is 5.40. The highest BCUT2D eigenvalue weighted by molar-refractivity contribution is 5.77. The molecule has 0 saturated carbocycles. The van der Waals surface area contributed by atoms with E-state index in [1.165, 1.54) is 0 Å². The predicted octanol–water partition coefficient (Wildman–Crippen LogP) is -0.0794. The number of pyridine rings is 1. The number of nitrogens with two attached hydrogens (primary N) is 2. The van der Waals surface area contributed by atoms with Gasteiger partial charge in [0.25, 0.3) is 0 Å². The van der Waals surface area contributed by atoms with Crippen LogP contribution >= 0.6 is 0 Å². The van der Waals surface area contributed by atoms with E-state index in [0.29, 0.717) is 0 Å². The molecule has 0 aliphatic carbocycles. The fourth-order valence-electron chi connectivity index (χ4n) is 0.944. The predicted molar refractivity (Wildman–Crippen MR) is 51.6 cm³/mol. The van der Waals surface area contributed by atoms with E-state index in [2.05, 4.69) is 15.4 Å². The zero-order valence-electron chi connectivity index (χ0n) is 7.44.